The number of nitrogens with one attached hydrogen (secondary N) is 1. The first-order valence-electron chi connectivity index (χ1n) is 8.68. The summed E-state index contributed by atoms with van der Waals surface area (Å²) in [4.78, 5) is 38.0. The maximum atomic E-state index is 12.6. The van der Waals surface area contributed by atoms with E-state index in [-0.39, 0.29) is 23.1 Å². The topological polar surface area (TPSA) is 105 Å². The van der Waals surface area contributed by atoms with Gasteiger partial charge in [-0.2, -0.15) is 5.10 Å². The predicted octanol–water partition coefficient (Wildman–Crippen LogP) is 1.53. The summed E-state index contributed by atoms with van der Waals surface area (Å²) < 4.78 is 2.09. The quantitative estimate of drug-likeness (QED) is 0.648. The van der Waals surface area contributed by atoms with Gasteiger partial charge in [0.05, 0.1) is 22.6 Å². The molecular formula is C17H23BrN4O4S. The Morgan fingerprint density at radius 3 is 2.56 bits per heavy atom. The molecule has 4 atom stereocenters. The first-order chi connectivity index (χ1) is 12.5. The zero-order valence-electron chi connectivity index (χ0n) is 15.8. The molecule has 2 amide bonds. The number of fused-ring (bicyclic) bond motifs is 1. The van der Waals surface area contributed by atoms with Gasteiger partial charge >= 0.3 is 5.97 Å². The number of rotatable bonds is 5. The Morgan fingerprint density at radius 1 is 1.41 bits per heavy atom. The van der Waals surface area contributed by atoms with Gasteiger partial charge in [-0.15, -0.1) is 11.8 Å². The molecule has 2 aliphatic heterocycles. The number of thioether (sulfide) groups is 1. The highest BCUT2D eigenvalue weighted by Gasteiger charge is 2.64. The van der Waals surface area contributed by atoms with E-state index in [2.05, 4.69) is 26.3 Å². The number of β-lactam (4-membered cyclic amide) rings is 1. The van der Waals surface area contributed by atoms with E-state index >= 15 is 0 Å². The lowest BCUT2D eigenvalue weighted by Gasteiger charge is -2.43. The second kappa shape index (κ2) is 6.80. The van der Waals surface area contributed by atoms with Crippen molar-refractivity contribution in [2.75, 3.05) is 0 Å². The van der Waals surface area contributed by atoms with E-state index in [1.54, 1.807) is 11.6 Å². The number of aryl methyl sites for hydroxylation is 1. The highest BCUT2D eigenvalue weighted by Crippen LogP contribution is 2.50. The summed E-state index contributed by atoms with van der Waals surface area (Å²) in [7, 11) is 0. The van der Waals surface area contributed by atoms with E-state index in [1.807, 2.05) is 27.7 Å². The molecule has 0 spiro atoms. The van der Waals surface area contributed by atoms with Crippen LogP contribution >= 0.6 is 27.7 Å². The molecule has 2 saturated heterocycles. The third-order valence-electron chi connectivity index (χ3n) is 5.16. The van der Waals surface area contributed by atoms with Crippen molar-refractivity contribution in [3.05, 3.63) is 15.9 Å². The summed E-state index contributed by atoms with van der Waals surface area (Å²) in [6, 6.07) is -1.56. The fourth-order valence-corrected chi connectivity index (χ4v) is 5.55. The van der Waals surface area contributed by atoms with E-state index in [9.17, 15) is 19.5 Å². The van der Waals surface area contributed by atoms with Gasteiger partial charge < -0.3 is 15.3 Å². The summed E-state index contributed by atoms with van der Waals surface area (Å²) in [5.74, 6) is -1.98. The molecule has 0 radical (unpaired) electrons. The Balaban J connectivity index is 1.66. The Labute approximate surface area is 170 Å². The second-order valence-electron chi connectivity index (χ2n) is 7.65. The normalized spacial score (nSPS) is 27.1. The largest absolute Gasteiger partial charge is 0.480 e. The third kappa shape index (κ3) is 3.26. The van der Waals surface area contributed by atoms with Crippen LogP contribution in [0.3, 0.4) is 0 Å². The van der Waals surface area contributed by atoms with E-state index in [1.165, 1.54) is 16.7 Å². The number of aromatic nitrogens is 2. The molecule has 3 heterocycles. The molecule has 10 heteroatoms. The molecule has 1 aromatic rings. The van der Waals surface area contributed by atoms with Crippen molar-refractivity contribution in [2.24, 2.45) is 5.92 Å². The minimum Gasteiger partial charge on any atom is -0.480 e. The highest BCUT2D eigenvalue weighted by atomic mass is 79.9. The lowest BCUT2D eigenvalue weighted by molar-refractivity contribution is -0.161. The molecule has 2 N–H and O–H groups in total. The minimum atomic E-state index is -1.02. The van der Waals surface area contributed by atoms with Gasteiger partial charge in [-0.1, -0.05) is 6.92 Å². The smallest absolute Gasteiger partial charge is 0.327 e. The molecule has 0 aliphatic carbocycles. The van der Waals surface area contributed by atoms with Crippen LogP contribution in [0.25, 0.3) is 0 Å². The van der Waals surface area contributed by atoms with Gasteiger partial charge in [-0.25, -0.2) is 4.79 Å². The number of carboxylic acid groups (broad SMARTS) is 1. The maximum absolute atomic E-state index is 12.6. The number of hydrogen-bond acceptors (Lipinski definition) is 5. The molecule has 8 nitrogen and oxygen atoms in total. The van der Waals surface area contributed by atoms with Crippen LogP contribution in [0.15, 0.2) is 4.47 Å². The molecular weight excluding hydrogens is 436 g/mol. The van der Waals surface area contributed by atoms with Crippen molar-refractivity contribution in [1.82, 2.24) is 20.0 Å². The van der Waals surface area contributed by atoms with Crippen LogP contribution in [0.4, 0.5) is 0 Å². The number of amides is 2. The van der Waals surface area contributed by atoms with Crippen molar-refractivity contribution < 1.29 is 19.5 Å². The molecule has 0 saturated carbocycles. The number of aliphatic carboxylic acids is 1. The van der Waals surface area contributed by atoms with Crippen molar-refractivity contribution >= 4 is 45.5 Å². The zero-order chi connectivity index (χ0) is 20.3. The molecule has 27 heavy (non-hydrogen) atoms. The van der Waals surface area contributed by atoms with Gasteiger partial charge in [-0.3, -0.25) is 14.3 Å². The fraction of sp³-hybridized carbons (Fsp3) is 0.647. The monoisotopic (exact) mass is 458 g/mol. The Morgan fingerprint density at radius 2 is 2.04 bits per heavy atom. The lowest BCUT2D eigenvalue weighted by Crippen LogP contribution is -2.71. The average Bonchev–Trinajstić information content (AvgIpc) is 2.97. The molecule has 2 fully saturated rings. The molecule has 2 aliphatic rings. The van der Waals surface area contributed by atoms with Crippen molar-refractivity contribution in [3.63, 3.8) is 0 Å². The molecule has 0 bridgehead atoms. The van der Waals surface area contributed by atoms with E-state index in [4.69, 9.17) is 0 Å². The lowest BCUT2D eigenvalue weighted by atomic mass is 9.95. The van der Waals surface area contributed by atoms with E-state index in [0.29, 0.717) is 6.54 Å². The van der Waals surface area contributed by atoms with Crippen LogP contribution in [-0.4, -0.2) is 59.8 Å². The van der Waals surface area contributed by atoms with Crippen LogP contribution in [0.1, 0.15) is 32.2 Å². The number of nitrogens with zero attached hydrogens (tertiary/aromatic N) is 3. The Kier molecular flexibility index (Phi) is 5.09. The number of carbonyl (C=O) groups is 3. The van der Waals surface area contributed by atoms with Gasteiger partial charge in [0.25, 0.3) is 0 Å². The van der Waals surface area contributed by atoms with Crippen molar-refractivity contribution in [3.8, 4) is 0 Å². The highest BCUT2D eigenvalue weighted by molar-refractivity contribution is 9.10. The molecule has 148 valence electrons. The van der Waals surface area contributed by atoms with E-state index in [0.717, 1.165) is 15.9 Å². The van der Waals surface area contributed by atoms with Crippen molar-refractivity contribution in [2.45, 2.75) is 63.4 Å². The standard InChI is InChI=1S/C17H23BrN4O4S/c1-7(6-21-9(3)10(18)8(2)20-21)13(23)19-11-14(24)22-12(16(25)26)17(4,5)27-15(11)22/h7,11-12,15H,6H2,1-5H3,(H,19,23)(H,25,26)/t7-,11+,12-,15+/m0/s1. The zero-order valence-corrected chi connectivity index (χ0v) is 18.2. The average molecular weight is 459 g/mol. The Hall–Kier alpha value is -1.55. The summed E-state index contributed by atoms with van der Waals surface area (Å²) in [5.41, 5.74) is 1.80. The van der Waals surface area contributed by atoms with Crippen molar-refractivity contribution in [1.29, 1.82) is 0 Å². The summed E-state index contributed by atoms with van der Waals surface area (Å²) in [6.45, 7) is 9.61. The van der Waals surface area contributed by atoms with Gasteiger partial charge in [0.1, 0.15) is 17.5 Å². The minimum absolute atomic E-state index is 0.242. The third-order valence-corrected chi connectivity index (χ3v) is 7.88. The first-order valence-corrected chi connectivity index (χ1v) is 10.4. The SMILES string of the molecule is Cc1nn(C[C@H](C)C(=O)N[C@@H]2C(=O)N3[C@@H]2SC(C)(C)[C@@H]3C(=O)O)c(C)c1Br. The fourth-order valence-electron chi connectivity index (χ4n) is 3.64. The number of halogens is 1. The van der Waals surface area contributed by atoms with Crippen LogP contribution < -0.4 is 5.32 Å². The maximum Gasteiger partial charge on any atom is 0.327 e. The number of carbonyl (C=O) groups excluding carboxylic acids is 2. The predicted molar refractivity (Wildman–Crippen MR) is 104 cm³/mol. The molecule has 0 unspecified atom stereocenters. The Bertz CT molecular complexity index is 824. The molecule has 1 aromatic heterocycles. The van der Waals surface area contributed by atoms with Gasteiger partial charge in [0.2, 0.25) is 11.8 Å². The summed E-state index contributed by atoms with van der Waals surface area (Å²) >= 11 is 4.89. The van der Waals surface area contributed by atoms with E-state index < -0.39 is 22.8 Å². The second-order valence-corrected chi connectivity index (χ2v) is 10.2. The summed E-state index contributed by atoms with van der Waals surface area (Å²) in [6.07, 6.45) is 0. The number of hydrogen-bond donors (Lipinski definition) is 2. The van der Waals surface area contributed by atoms with Crippen LogP contribution in [0, 0.1) is 19.8 Å². The molecule has 3 rings (SSSR count). The summed E-state index contributed by atoms with van der Waals surface area (Å²) in [5, 5.41) is 16.3. The van der Waals surface area contributed by atoms with Crippen LogP contribution in [0.2, 0.25) is 0 Å². The van der Waals surface area contributed by atoms with Crippen LogP contribution in [0.5, 0.6) is 0 Å². The van der Waals surface area contributed by atoms with Gasteiger partial charge in [0, 0.05) is 10.4 Å². The van der Waals surface area contributed by atoms with Crippen LogP contribution in [-0.2, 0) is 20.9 Å². The van der Waals surface area contributed by atoms with Gasteiger partial charge in [-0.05, 0) is 43.6 Å². The first kappa shape index (κ1) is 20.2. The number of carboxylic acids is 1. The van der Waals surface area contributed by atoms with Gasteiger partial charge in [0.15, 0.2) is 0 Å². The molecule has 0 aromatic carbocycles.